The zero-order chi connectivity index (χ0) is 25.5. The van der Waals surface area contributed by atoms with Crippen LogP contribution >= 0.6 is 11.3 Å². The van der Waals surface area contributed by atoms with Crippen molar-refractivity contribution in [2.75, 3.05) is 0 Å². The molecule has 8 aromatic heterocycles. The van der Waals surface area contributed by atoms with Crippen molar-refractivity contribution >= 4 is 75.8 Å². The van der Waals surface area contributed by atoms with E-state index in [0.29, 0.717) is 0 Å². The van der Waals surface area contributed by atoms with E-state index in [1.54, 1.807) is 17.5 Å². The third-order valence-electron chi connectivity index (χ3n) is 7.30. The van der Waals surface area contributed by atoms with Gasteiger partial charge in [0, 0.05) is 70.2 Å². The van der Waals surface area contributed by atoms with Crippen LogP contribution in [0.1, 0.15) is 0 Å². The number of benzene rings is 1. The summed E-state index contributed by atoms with van der Waals surface area (Å²) in [5.74, 6) is 0. The summed E-state index contributed by atoms with van der Waals surface area (Å²) in [7, 11) is 0. The molecule has 1 aromatic carbocycles. The predicted octanol–water partition coefficient (Wildman–Crippen LogP) is 7.69. The van der Waals surface area contributed by atoms with Crippen molar-refractivity contribution in [3.05, 3.63) is 97.8 Å². The van der Waals surface area contributed by atoms with Crippen LogP contribution in [0.15, 0.2) is 102 Å². The lowest BCUT2D eigenvalue weighted by molar-refractivity contribution is 0.668. The summed E-state index contributed by atoms with van der Waals surface area (Å²) >= 11 is 1.71. The van der Waals surface area contributed by atoms with Crippen LogP contribution < -0.4 is 0 Å². The minimum absolute atomic E-state index is 0.823. The van der Waals surface area contributed by atoms with E-state index in [9.17, 15) is 0 Å². The topological polar surface area (TPSA) is 82.5 Å². The molecule has 9 aromatic rings. The summed E-state index contributed by atoms with van der Waals surface area (Å²) in [6.07, 6.45) is 11.0. The van der Waals surface area contributed by atoms with Crippen molar-refractivity contribution in [1.29, 1.82) is 0 Å². The van der Waals surface area contributed by atoms with Gasteiger partial charge in [0.25, 0.3) is 0 Å². The maximum atomic E-state index is 6.04. The Balaban J connectivity index is 1.31. The third-order valence-corrected chi connectivity index (χ3v) is 8.46. The van der Waals surface area contributed by atoms with Crippen LogP contribution in [-0.2, 0) is 0 Å². The molecule has 0 saturated carbocycles. The highest BCUT2D eigenvalue weighted by molar-refractivity contribution is 7.26. The monoisotopic (exact) mass is 520 g/mol. The van der Waals surface area contributed by atoms with Gasteiger partial charge < -0.3 is 4.42 Å². The van der Waals surface area contributed by atoms with Gasteiger partial charge in [-0.15, -0.1) is 11.3 Å². The van der Waals surface area contributed by atoms with E-state index in [1.807, 2.05) is 55.2 Å². The second kappa shape index (κ2) is 7.66. The van der Waals surface area contributed by atoms with Gasteiger partial charge in [0.15, 0.2) is 0 Å². The number of aromatic nitrogens is 6. The molecule has 0 spiro atoms. The van der Waals surface area contributed by atoms with Crippen LogP contribution in [0.4, 0.5) is 0 Å². The number of furan rings is 1. The van der Waals surface area contributed by atoms with Gasteiger partial charge in [0.1, 0.15) is 27.8 Å². The number of thiophene rings is 1. The Bertz CT molecular complexity index is 2420. The van der Waals surface area contributed by atoms with Crippen molar-refractivity contribution in [1.82, 2.24) is 29.5 Å². The molecule has 0 radical (unpaired) electrons. The second-order valence-corrected chi connectivity index (χ2v) is 10.5. The average Bonchev–Trinajstić information content (AvgIpc) is 3.66. The largest absolute Gasteiger partial charge is 0.456 e. The molecule has 0 amide bonds. The molecule has 0 aliphatic rings. The molecule has 7 nitrogen and oxygen atoms in total. The molecule has 8 heterocycles. The molecule has 0 saturated heterocycles. The number of nitrogens with zero attached hydrogens (tertiary/aromatic N) is 6. The minimum Gasteiger partial charge on any atom is -0.456 e. The Morgan fingerprint density at radius 1 is 0.667 bits per heavy atom. The number of hydrogen-bond acceptors (Lipinski definition) is 7. The Kier molecular flexibility index (Phi) is 4.08. The number of rotatable bonds is 2. The predicted molar refractivity (Wildman–Crippen MR) is 155 cm³/mol. The second-order valence-electron chi connectivity index (χ2n) is 9.44. The van der Waals surface area contributed by atoms with Crippen molar-refractivity contribution in [3.8, 4) is 16.8 Å². The lowest BCUT2D eigenvalue weighted by atomic mass is 10.1. The molecular formula is C31H16N6OS. The van der Waals surface area contributed by atoms with Crippen LogP contribution in [0.3, 0.4) is 0 Å². The molecule has 0 aliphatic carbocycles. The first-order valence-corrected chi connectivity index (χ1v) is 13.3. The normalized spacial score (nSPS) is 12.1. The molecule has 8 heteroatoms. The van der Waals surface area contributed by atoms with Gasteiger partial charge in [-0.3, -0.25) is 24.5 Å². The van der Waals surface area contributed by atoms with E-state index in [2.05, 4.69) is 55.9 Å². The molecule has 9 rings (SSSR count). The van der Waals surface area contributed by atoms with Crippen LogP contribution in [0, 0.1) is 0 Å². The van der Waals surface area contributed by atoms with E-state index in [-0.39, 0.29) is 0 Å². The zero-order valence-electron chi connectivity index (χ0n) is 20.2. The molecular weight excluding hydrogens is 504 g/mol. The molecule has 0 unspecified atom stereocenters. The van der Waals surface area contributed by atoms with Crippen molar-refractivity contribution in [3.63, 3.8) is 0 Å². The summed E-state index contributed by atoms with van der Waals surface area (Å²) in [6.45, 7) is 0. The fraction of sp³-hybridized carbons (Fsp3) is 0. The highest BCUT2D eigenvalue weighted by Crippen LogP contribution is 2.40. The molecule has 39 heavy (non-hydrogen) atoms. The molecule has 182 valence electrons. The maximum absolute atomic E-state index is 6.04. The molecule has 0 N–H and O–H groups in total. The lowest BCUT2D eigenvalue weighted by Crippen LogP contribution is -1.95. The Hall–Kier alpha value is -5.21. The first-order chi connectivity index (χ1) is 19.3. The third kappa shape index (κ3) is 2.89. The van der Waals surface area contributed by atoms with E-state index in [4.69, 9.17) is 14.4 Å². The van der Waals surface area contributed by atoms with Gasteiger partial charge in [-0.05, 0) is 60.7 Å². The van der Waals surface area contributed by atoms with Crippen LogP contribution in [0.5, 0.6) is 0 Å². The van der Waals surface area contributed by atoms with E-state index < -0.39 is 0 Å². The van der Waals surface area contributed by atoms with E-state index in [1.165, 1.54) is 0 Å². The molecule has 0 atom stereocenters. The van der Waals surface area contributed by atoms with Crippen molar-refractivity contribution in [2.24, 2.45) is 0 Å². The van der Waals surface area contributed by atoms with Gasteiger partial charge in [-0.2, -0.15) is 0 Å². The van der Waals surface area contributed by atoms with Crippen molar-refractivity contribution < 1.29 is 4.42 Å². The standard InChI is InChI=1S/C31H16N6OS/c1-3-23-27(33-9-1)21-13-17(19-7-12-35-29-28-26(39-30(19)29)4-2-10-34-28)15-36-31(21)37(23)18-5-6-24-20(14-18)22-16-32-11-8-25(22)38-24/h1-16H. The fourth-order valence-corrected chi connectivity index (χ4v) is 6.73. The number of fused-ring (bicyclic) bond motifs is 9. The molecule has 0 bridgehead atoms. The smallest absolute Gasteiger partial charge is 0.147 e. The van der Waals surface area contributed by atoms with Gasteiger partial charge in [-0.25, -0.2) is 4.98 Å². The fourth-order valence-electron chi connectivity index (χ4n) is 5.57. The summed E-state index contributed by atoms with van der Waals surface area (Å²) in [4.78, 5) is 23.3. The molecule has 0 fully saturated rings. The van der Waals surface area contributed by atoms with Gasteiger partial charge in [-0.1, -0.05) is 0 Å². The Morgan fingerprint density at radius 2 is 1.54 bits per heavy atom. The van der Waals surface area contributed by atoms with Crippen LogP contribution in [0.25, 0.3) is 81.3 Å². The lowest BCUT2D eigenvalue weighted by Gasteiger charge is -2.08. The Morgan fingerprint density at radius 3 is 2.51 bits per heavy atom. The number of hydrogen-bond donors (Lipinski definition) is 0. The highest BCUT2D eigenvalue weighted by Gasteiger charge is 2.18. The van der Waals surface area contributed by atoms with Crippen LogP contribution in [-0.4, -0.2) is 29.5 Å². The first-order valence-electron chi connectivity index (χ1n) is 12.5. The summed E-state index contributed by atoms with van der Waals surface area (Å²) in [5, 5.41) is 3.00. The highest BCUT2D eigenvalue weighted by atomic mass is 32.1. The summed E-state index contributed by atoms with van der Waals surface area (Å²) in [6, 6.07) is 20.5. The average molecular weight is 521 g/mol. The van der Waals surface area contributed by atoms with Gasteiger partial charge in [0.2, 0.25) is 0 Å². The minimum atomic E-state index is 0.823. The van der Waals surface area contributed by atoms with Gasteiger partial charge >= 0.3 is 0 Å². The molecule has 0 aliphatic heterocycles. The van der Waals surface area contributed by atoms with E-state index in [0.717, 1.165) is 81.3 Å². The Labute approximate surface area is 224 Å². The van der Waals surface area contributed by atoms with Crippen LogP contribution in [0.2, 0.25) is 0 Å². The number of pyridine rings is 5. The zero-order valence-corrected chi connectivity index (χ0v) is 21.1. The summed E-state index contributed by atoms with van der Waals surface area (Å²) < 4.78 is 10.4. The summed E-state index contributed by atoms with van der Waals surface area (Å²) in [5.41, 5.74) is 9.36. The first kappa shape index (κ1) is 20.8. The van der Waals surface area contributed by atoms with Crippen molar-refractivity contribution in [2.45, 2.75) is 0 Å². The van der Waals surface area contributed by atoms with E-state index >= 15 is 0 Å². The maximum Gasteiger partial charge on any atom is 0.147 e. The SMILES string of the molecule is c1cnc2c(c1)sc1c(-c3cnc4c(c3)c3ncccc3n4-c3ccc4oc5ccncc5c4c3)ccnc12. The van der Waals surface area contributed by atoms with Gasteiger partial charge in [0.05, 0.1) is 20.4 Å². The quantitative estimate of drug-likeness (QED) is 0.232.